The van der Waals surface area contributed by atoms with Crippen LogP contribution in [-0.4, -0.2) is 23.5 Å². The Balaban J connectivity index is 3.05. The Bertz CT molecular complexity index is 517. The number of hydrogen-bond donors (Lipinski definition) is 1. The van der Waals surface area contributed by atoms with E-state index in [0.29, 0.717) is 12.2 Å². The first-order valence-electron chi connectivity index (χ1n) is 6.71. The van der Waals surface area contributed by atoms with Crippen LogP contribution in [0.5, 0.6) is 5.75 Å². The number of benzene rings is 1. The van der Waals surface area contributed by atoms with Crippen LogP contribution in [0, 0.1) is 0 Å². The van der Waals surface area contributed by atoms with Crippen molar-refractivity contribution < 1.29 is 19.4 Å². The number of phenols is 1. The summed E-state index contributed by atoms with van der Waals surface area (Å²) in [7, 11) is 0. The first kappa shape index (κ1) is 16.0. The number of carbonyl (C=O) groups excluding carboxylic acids is 2. The molecule has 20 heavy (non-hydrogen) atoms. The summed E-state index contributed by atoms with van der Waals surface area (Å²) in [6.45, 7) is 5.68. The first-order chi connectivity index (χ1) is 9.51. The molecule has 4 nitrogen and oxygen atoms in total. The molecule has 0 fully saturated rings. The van der Waals surface area contributed by atoms with Gasteiger partial charge in [-0.1, -0.05) is 19.1 Å². The van der Waals surface area contributed by atoms with Crippen LogP contribution in [0.1, 0.15) is 49.0 Å². The summed E-state index contributed by atoms with van der Waals surface area (Å²) in [4.78, 5) is 23.6. The van der Waals surface area contributed by atoms with Gasteiger partial charge in [-0.15, -0.1) is 0 Å². The van der Waals surface area contributed by atoms with E-state index in [9.17, 15) is 14.7 Å². The number of rotatable bonds is 6. The van der Waals surface area contributed by atoms with E-state index in [4.69, 9.17) is 4.74 Å². The maximum atomic E-state index is 11.9. The lowest BCUT2D eigenvalue weighted by atomic mass is 9.97. The maximum Gasteiger partial charge on any atom is 0.313 e. The highest BCUT2D eigenvalue weighted by Gasteiger charge is 2.19. The molecule has 0 amide bonds. The highest BCUT2D eigenvalue weighted by molar-refractivity contribution is 6.06. The third-order valence-corrected chi connectivity index (χ3v) is 2.93. The predicted octanol–water partition coefficient (Wildman–Crippen LogP) is 3.21. The maximum absolute atomic E-state index is 11.9. The van der Waals surface area contributed by atoms with E-state index in [1.807, 2.05) is 6.92 Å². The van der Waals surface area contributed by atoms with E-state index >= 15 is 0 Å². The van der Waals surface area contributed by atoms with Crippen molar-refractivity contribution in [1.29, 1.82) is 0 Å². The average molecular weight is 276 g/mol. The molecule has 1 unspecified atom stereocenters. The molecule has 1 aromatic carbocycles. The van der Waals surface area contributed by atoms with Gasteiger partial charge in [0.25, 0.3) is 0 Å². The molecule has 0 saturated carbocycles. The second-order valence-electron chi connectivity index (χ2n) is 4.43. The van der Waals surface area contributed by atoms with Gasteiger partial charge in [0.15, 0.2) is 5.78 Å². The van der Waals surface area contributed by atoms with Gasteiger partial charge < -0.3 is 9.84 Å². The van der Waals surface area contributed by atoms with Crippen molar-refractivity contribution in [1.82, 2.24) is 0 Å². The number of esters is 1. The molecule has 1 N–H and O–H groups in total. The Morgan fingerprint density at radius 1 is 1.35 bits per heavy atom. The lowest BCUT2D eigenvalue weighted by Crippen LogP contribution is -2.13. The minimum atomic E-state index is -0.475. The van der Waals surface area contributed by atoms with E-state index in [-0.39, 0.29) is 23.1 Å². The summed E-state index contributed by atoms with van der Waals surface area (Å²) < 4.78 is 4.95. The van der Waals surface area contributed by atoms with Crippen LogP contribution in [0.2, 0.25) is 0 Å². The molecule has 0 aliphatic rings. The Hall–Kier alpha value is -2.10. The topological polar surface area (TPSA) is 63.6 Å². The molecule has 0 radical (unpaired) electrons. The number of phenolic OH excluding ortho intramolecular Hbond substituents is 1. The average Bonchev–Trinajstić information content (AvgIpc) is 2.44. The largest absolute Gasteiger partial charge is 0.507 e. The summed E-state index contributed by atoms with van der Waals surface area (Å²) in [6.07, 6.45) is 3.89. The van der Waals surface area contributed by atoms with E-state index in [0.717, 1.165) is 6.42 Å². The zero-order chi connectivity index (χ0) is 15.1. The van der Waals surface area contributed by atoms with Gasteiger partial charge in [-0.2, -0.15) is 0 Å². The normalized spacial score (nSPS) is 12.3. The van der Waals surface area contributed by atoms with Crippen molar-refractivity contribution in [3.8, 4) is 5.75 Å². The monoisotopic (exact) mass is 276 g/mol. The fourth-order valence-corrected chi connectivity index (χ4v) is 1.74. The van der Waals surface area contributed by atoms with E-state index in [1.165, 1.54) is 12.1 Å². The van der Waals surface area contributed by atoms with Crippen LogP contribution < -0.4 is 0 Å². The van der Waals surface area contributed by atoms with Gasteiger partial charge in [-0.05, 0) is 44.0 Å². The van der Waals surface area contributed by atoms with Gasteiger partial charge in [0, 0.05) is 0 Å². The number of ketones is 1. The molecule has 0 bridgehead atoms. The van der Waals surface area contributed by atoms with Crippen molar-refractivity contribution in [3.63, 3.8) is 0 Å². The fraction of sp³-hybridized carbons (Fsp3) is 0.375. The molecule has 0 aliphatic carbocycles. The minimum absolute atomic E-state index is 0.0874. The third kappa shape index (κ3) is 3.95. The van der Waals surface area contributed by atoms with Crippen LogP contribution in [-0.2, 0) is 9.53 Å². The predicted molar refractivity (Wildman–Crippen MR) is 76.9 cm³/mol. The number of hydrogen-bond acceptors (Lipinski definition) is 4. The Labute approximate surface area is 119 Å². The fourth-order valence-electron chi connectivity index (χ4n) is 1.74. The number of carbonyl (C=O) groups is 2. The van der Waals surface area contributed by atoms with Crippen molar-refractivity contribution in [2.75, 3.05) is 6.61 Å². The molecule has 0 saturated heterocycles. The first-order valence-corrected chi connectivity index (χ1v) is 6.71. The molecular formula is C16H20O4. The quantitative estimate of drug-likeness (QED) is 0.492. The minimum Gasteiger partial charge on any atom is -0.507 e. The van der Waals surface area contributed by atoms with Gasteiger partial charge in [0.2, 0.25) is 0 Å². The third-order valence-electron chi connectivity index (χ3n) is 2.93. The molecule has 0 spiro atoms. The molecule has 1 aromatic rings. The molecule has 4 heteroatoms. The lowest BCUT2D eigenvalue weighted by Gasteiger charge is -2.12. The Morgan fingerprint density at radius 3 is 2.65 bits per heavy atom. The lowest BCUT2D eigenvalue weighted by molar-refractivity contribution is -0.144. The Kier molecular flexibility index (Phi) is 5.97. The number of allylic oxidation sites excluding steroid dienone is 2. The zero-order valence-corrected chi connectivity index (χ0v) is 12.1. The van der Waals surface area contributed by atoms with Crippen LogP contribution in [0.15, 0.2) is 30.4 Å². The molecule has 1 rings (SSSR count). The summed E-state index contributed by atoms with van der Waals surface area (Å²) in [5.41, 5.74) is 0.845. The zero-order valence-electron chi connectivity index (χ0n) is 12.1. The number of aromatic hydroxyl groups is 1. The van der Waals surface area contributed by atoms with Crippen LogP contribution >= 0.6 is 0 Å². The van der Waals surface area contributed by atoms with Gasteiger partial charge in [-0.25, -0.2) is 0 Å². The van der Waals surface area contributed by atoms with E-state index in [2.05, 4.69) is 0 Å². The standard InChI is InChI=1S/C16H20O4/c1-4-6-7-14(17)13-10-12(8-9-15(13)18)11(3)16(19)20-5-2/h6-11,18H,4-5H2,1-3H3. The van der Waals surface area contributed by atoms with E-state index < -0.39 is 5.92 Å². The highest BCUT2D eigenvalue weighted by Crippen LogP contribution is 2.25. The summed E-state index contributed by atoms with van der Waals surface area (Å²) in [5, 5.41) is 9.76. The molecular weight excluding hydrogens is 256 g/mol. The van der Waals surface area contributed by atoms with Crippen molar-refractivity contribution in [3.05, 3.63) is 41.5 Å². The Morgan fingerprint density at radius 2 is 2.05 bits per heavy atom. The van der Waals surface area contributed by atoms with E-state index in [1.54, 1.807) is 32.1 Å². The second-order valence-corrected chi connectivity index (χ2v) is 4.43. The molecule has 108 valence electrons. The van der Waals surface area contributed by atoms with Gasteiger partial charge in [0.05, 0.1) is 18.1 Å². The summed E-state index contributed by atoms with van der Waals surface area (Å²) in [6, 6.07) is 4.59. The van der Waals surface area contributed by atoms with Gasteiger partial charge in [0.1, 0.15) is 5.75 Å². The second kappa shape index (κ2) is 7.48. The van der Waals surface area contributed by atoms with Crippen LogP contribution in [0.4, 0.5) is 0 Å². The van der Waals surface area contributed by atoms with Crippen molar-refractivity contribution in [2.24, 2.45) is 0 Å². The SMILES string of the molecule is CCC=CC(=O)c1cc(C(C)C(=O)OCC)ccc1O. The van der Waals surface area contributed by atoms with Crippen LogP contribution in [0.25, 0.3) is 0 Å². The van der Waals surface area contributed by atoms with Gasteiger partial charge >= 0.3 is 5.97 Å². The summed E-state index contributed by atoms with van der Waals surface area (Å²) >= 11 is 0. The van der Waals surface area contributed by atoms with Crippen molar-refractivity contribution >= 4 is 11.8 Å². The van der Waals surface area contributed by atoms with Gasteiger partial charge in [-0.3, -0.25) is 9.59 Å². The smallest absolute Gasteiger partial charge is 0.313 e. The molecule has 0 aliphatic heterocycles. The highest BCUT2D eigenvalue weighted by atomic mass is 16.5. The number of ether oxygens (including phenoxy) is 1. The molecule has 0 heterocycles. The van der Waals surface area contributed by atoms with Crippen molar-refractivity contribution in [2.45, 2.75) is 33.1 Å². The molecule has 0 aromatic heterocycles. The van der Waals surface area contributed by atoms with Crippen LogP contribution in [0.3, 0.4) is 0 Å². The summed E-state index contributed by atoms with van der Waals surface area (Å²) in [5.74, 6) is -1.18. The molecule has 1 atom stereocenters.